The number of nitrogens with zero attached hydrogens (tertiary/aromatic N) is 1. The van der Waals surface area contributed by atoms with Gasteiger partial charge in [-0.15, -0.1) is 11.3 Å². The molecule has 0 spiro atoms. The number of ether oxygens (including phenoxy) is 1. The molecule has 1 aromatic carbocycles. The van der Waals surface area contributed by atoms with Crippen molar-refractivity contribution in [3.8, 4) is 0 Å². The Kier molecular flexibility index (Phi) is 5.42. The average Bonchev–Trinajstić information content (AvgIpc) is 3.22. The van der Waals surface area contributed by atoms with Gasteiger partial charge >= 0.3 is 5.97 Å². The SMILES string of the molecule is CCOC(=O)c1c(NC(=O)Cn2ccc3cc(Cl)ccc32)sc2c1CCCC2. The van der Waals surface area contributed by atoms with Crippen LogP contribution < -0.4 is 5.32 Å². The van der Waals surface area contributed by atoms with E-state index in [1.165, 1.54) is 16.2 Å². The Labute approximate surface area is 172 Å². The highest BCUT2D eigenvalue weighted by molar-refractivity contribution is 7.17. The van der Waals surface area contributed by atoms with Crippen LogP contribution in [0.5, 0.6) is 0 Å². The summed E-state index contributed by atoms with van der Waals surface area (Å²) >= 11 is 7.54. The number of nitrogens with one attached hydrogen (secondary N) is 1. The third kappa shape index (κ3) is 3.66. The number of halogens is 1. The van der Waals surface area contributed by atoms with Crippen LogP contribution in [0.25, 0.3) is 10.9 Å². The van der Waals surface area contributed by atoms with Crippen LogP contribution in [0.15, 0.2) is 30.5 Å². The second kappa shape index (κ2) is 7.97. The molecule has 2 heterocycles. The van der Waals surface area contributed by atoms with Crippen molar-refractivity contribution in [1.29, 1.82) is 0 Å². The molecular formula is C21H21ClN2O3S. The van der Waals surface area contributed by atoms with Crippen molar-refractivity contribution in [2.75, 3.05) is 11.9 Å². The molecule has 0 fully saturated rings. The summed E-state index contributed by atoms with van der Waals surface area (Å²) in [5.74, 6) is -0.519. The molecule has 2 aromatic heterocycles. The second-order valence-electron chi connectivity index (χ2n) is 6.83. The van der Waals surface area contributed by atoms with Crippen molar-refractivity contribution in [2.45, 2.75) is 39.2 Å². The van der Waals surface area contributed by atoms with Gasteiger partial charge in [-0.05, 0) is 62.4 Å². The summed E-state index contributed by atoms with van der Waals surface area (Å²) in [4.78, 5) is 26.4. The smallest absolute Gasteiger partial charge is 0.341 e. The lowest BCUT2D eigenvalue weighted by Crippen LogP contribution is -2.19. The van der Waals surface area contributed by atoms with Gasteiger partial charge in [0.05, 0.1) is 12.2 Å². The van der Waals surface area contributed by atoms with E-state index in [9.17, 15) is 9.59 Å². The molecule has 1 aliphatic rings. The van der Waals surface area contributed by atoms with E-state index in [4.69, 9.17) is 16.3 Å². The van der Waals surface area contributed by atoms with Crippen molar-refractivity contribution in [1.82, 2.24) is 4.57 Å². The normalized spacial score (nSPS) is 13.4. The lowest BCUT2D eigenvalue weighted by molar-refractivity contribution is -0.116. The van der Waals surface area contributed by atoms with Gasteiger partial charge in [0.1, 0.15) is 11.5 Å². The topological polar surface area (TPSA) is 60.3 Å². The van der Waals surface area contributed by atoms with E-state index in [0.717, 1.165) is 42.1 Å². The quantitative estimate of drug-likeness (QED) is 0.592. The summed E-state index contributed by atoms with van der Waals surface area (Å²) in [5, 5.41) is 5.21. The van der Waals surface area contributed by atoms with E-state index in [1.807, 2.05) is 35.0 Å². The summed E-state index contributed by atoms with van der Waals surface area (Å²) in [6.45, 7) is 2.27. The number of thiophene rings is 1. The zero-order valence-electron chi connectivity index (χ0n) is 15.6. The fraction of sp³-hybridized carbons (Fsp3) is 0.333. The number of amides is 1. The summed E-state index contributed by atoms with van der Waals surface area (Å²) < 4.78 is 7.12. The first-order chi connectivity index (χ1) is 13.6. The predicted molar refractivity (Wildman–Crippen MR) is 112 cm³/mol. The summed E-state index contributed by atoms with van der Waals surface area (Å²) in [6, 6.07) is 7.52. The van der Waals surface area contributed by atoms with Crippen LogP contribution >= 0.6 is 22.9 Å². The minimum atomic E-state index is -0.349. The van der Waals surface area contributed by atoms with Crippen molar-refractivity contribution in [2.24, 2.45) is 0 Å². The number of fused-ring (bicyclic) bond motifs is 2. The number of benzene rings is 1. The molecule has 5 nitrogen and oxygen atoms in total. The van der Waals surface area contributed by atoms with Gasteiger partial charge in [0, 0.05) is 27.0 Å². The summed E-state index contributed by atoms with van der Waals surface area (Å²) in [7, 11) is 0. The Hall–Kier alpha value is -2.31. The third-order valence-electron chi connectivity index (χ3n) is 4.95. The number of hydrogen-bond acceptors (Lipinski definition) is 4. The zero-order valence-corrected chi connectivity index (χ0v) is 17.2. The van der Waals surface area contributed by atoms with E-state index in [0.29, 0.717) is 22.2 Å². The highest BCUT2D eigenvalue weighted by Crippen LogP contribution is 2.38. The number of aryl methyl sites for hydroxylation is 1. The number of rotatable bonds is 5. The monoisotopic (exact) mass is 416 g/mol. The summed E-state index contributed by atoms with van der Waals surface area (Å²) in [6.07, 6.45) is 5.85. The van der Waals surface area contributed by atoms with Crippen LogP contribution in [-0.2, 0) is 28.9 Å². The fourth-order valence-electron chi connectivity index (χ4n) is 3.70. The molecule has 7 heteroatoms. The Bertz CT molecular complexity index is 1050. The van der Waals surface area contributed by atoms with Gasteiger partial charge in [0.2, 0.25) is 5.91 Å². The maximum atomic E-state index is 12.7. The van der Waals surface area contributed by atoms with Gasteiger partial charge in [0.15, 0.2) is 0 Å². The predicted octanol–water partition coefficient (Wildman–Crippen LogP) is 5.05. The number of aromatic nitrogens is 1. The molecular weight excluding hydrogens is 396 g/mol. The molecule has 146 valence electrons. The molecule has 0 saturated carbocycles. The van der Waals surface area contributed by atoms with E-state index >= 15 is 0 Å². The Balaban J connectivity index is 1.58. The number of carbonyl (C=O) groups is 2. The minimum absolute atomic E-state index is 0.163. The van der Waals surface area contributed by atoms with Crippen molar-refractivity contribution in [3.63, 3.8) is 0 Å². The molecule has 0 aliphatic heterocycles. The second-order valence-corrected chi connectivity index (χ2v) is 8.37. The molecule has 0 saturated heterocycles. The van der Waals surface area contributed by atoms with Gasteiger partial charge in [-0.2, -0.15) is 0 Å². The minimum Gasteiger partial charge on any atom is -0.462 e. The summed E-state index contributed by atoms with van der Waals surface area (Å²) in [5.41, 5.74) is 2.53. The molecule has 0 unspecified atom stereocenters. The number of hydrogen-bond donors (Lipinski definition) is 1. The maximum absolute atomic E-state index is 12.7. The van der Waals surface area contributed by atoms with Gasteiger partial charge < -0.3 is 14.6 Å². The Morgan fingerprint density at radius 2 is 2.07 bits per heavy atom. The Morgan fingerprint density at radius 1 is 1.25 bits per heavy atom. The fourth-order valence-corrected chi connectivity index (χ4v) is 5.18. The largest absolute Gasteiger partial charge is 0.462 e. The van der Waals surface area contributed by atoms with Crippen LogP contribution in [0.4, 0.5) is 5.00 Å². The highest BCUT2D eigenvalue weighted by atomic mass is 35.5. The highest BCUT2D eigenvalue weighted by Gasteiger charge is 2.27. The number of carbonyl (C=O) groups excluding carboxylic acids is 2. The van der Waals surface area contributed by atoms with Crippen molar-refractivity contribution in [3.05, 3.63) is 51.5 Å². The molecule has 3 aromatic rings. The van der Waals surface area contributed by atoms with E-state index in [-0.39, 0.29) is 18.4 Å². The molecule has 0 atom stereocenters. The lowest BCUT2D eigenvalue weighted by Gasteiger charge is -2.12. The van der Waals surface area contributed by atoms with Crippen LogP contribution in [0.1, 0.15) is 40.6 Å². The van der Waals surface area contributed by atoms with Crippen molar-refractivity contribution < 1.29 is 14.3 Å². The van der Waals surface area contributed by atoms with E-state index < -0.39 is 0 Å². The van der Waals surface area contributed by atoms with E-state index in [2.05, 4.69) is 5.32 Å². The molecule has 1 amide bonds. The first-order valence-electron chi connectivity index (χ1n) is 9.42. The number of esters is 1. The van der Waals surface area contributed by atoms with E-state index in [1.54, 1.807) is 6.92 Å². The first-order valence-corrected chi connectivity index (χ1v) is 10.6. The molecule has 0 radical (unpaired) electrons. The standard InChI is InChI=1S/C21H21ClN2O3S/c1-2-27-21(26)19-15-5-3-4-6-17(15)28-20(19)23-18(25)12-24-10-9-13-11-14(22)7-8-16(13)24/h7-11H,2-6,12H2,1H3,(H,23,25). The maximum Gasteiger partial charge on any atom is 0.341 e. The molecule has 0 bridgehead atoms. The molecule has 4 rings (SSSR count). The third-order valence-corrected chi connectivity index (χ3v) is 6.39. The van der Waals surface area contributed by atoms with Crippen LogP contribution in [-0.4, -0.2) is 23.1 Å². The van der Waals surface area contributed by atoms with Crippen molar-refractivity contribution >= 4 is 50.7 Å². The van der Waals surface area contributed by atoms with Gasteiger partial charge in [-0.25, -0.2) is 4.79 Å². The molecule has 1 N–H and O–H groups in total. The van der Waals surface area contributed by atoms with Crippen LogP contribution in [0, 0.1) is 0 Å². The lowest BCUT2D eigenvalue weighted by atomic mass is 9.95. The van der Waals surface area contributed by atoms with Gasteiger partial charge in [-0.1, -0.05) is 11.6 Å². The van der Waals surface area contributed by atoms with Crippen LogP contribution in [0.3, 0.4) is 0 Å². The Morgan fingerprint density at radius 3 is 2.89 bits per heavy atom. The molecule has 28 heavy (non-hydrogen) atoms. The van der Waals surface area contributed by atoms with Gasteiger partial charge in [-0.3, -0.25) is 4.79 Å². The molecule has 1 aliphatic carbocycles. The first kappa shape index (κ1) is 19.0. The number of anilines is 1. The average molecular weight is 417 g/mol. The van der Waals surface area contributed by atoms with Crippen LogP contribution in [0.2, 0.25) is 5.02 Å². The zero-order chi connectivity index (χ0) is 19.7. The van der Waals surface area contributed by atoms with Gasteiger partial charge in [0.25, 0.3) is 0 Å².